The highest BCUT2D eigenvalue weighted by molar-refractivity contribution is 5.75. The smallest absolute Gasteiger partial charge is 0.220 e. The Kier molecular flexibility index (Phi) is 29.9. The Balaban J connectivity index is -0.00000544. The largest absolute Gasteiger partial charge is 1.00 e. The second-order valence-electron chi connectivity index (χ2n) is 12.5. The number of nitrogens with one attached hydrogen (secondary N) is 1. The first-order chi connectivity index (χ1) is 16.2. The molecule has 0 unspecified atom stereocenters. The molecular weight excluding hydrogens is 489 g/mol. The van der Waals surface area contributed by atoms with Gasteiger partial charge in [-0.05, 0) is 12.8 Å². The van der Waals surface area contributed by atoms with Crippen molar-refractivity contribution in [1.82, 2.24) is 5.32 Å². The Morgan fingerprint density at radius 2 is 0.917 bits per heavy atom. The van der Waals surface area contributed by atoms with Gasteiger partial charge in [-0.25, -0.2) is 0 Å². The first-order valence-electron chi connectivity index (χ1n) is 15.1. The molecule has 0 rings (SSSR count). The number of amides is 1. The van der Waals surface area contributed by atoms with Crippen molar-refractivity contribution >= 4 is 5.91 Å². The number of unbranched alkanes of at least 4 members (excludes halogenated alkanes) is 15. The highest BCUT2D eigenvalue weighted by atomic mass is 35.5. The van der Waals surface area contributed by atoms with E-state index < -0.39 is 0 Å². The number of carbonyl (C=O) groups excluding carboxylic acids is 1. The SMILES string of the molecule is CCCCCCCCCCCCCCCCCC[N+](C)(C)CCCC(=O)NCCC[N+](C)(C)C.[Cl-].[Cl-]. The lowest BCUT2D eigenvalue weighted by atomic mass is 10.0. The maximum absolute atomic E-state index is 12.0. The fourth-order valence-electron chi connectivity index (χ4n) is 4.74. The van der Waals surface area contributed by atoms with E-state index in [1.807, 2.05) is 0 Å². The van der Waals surface area contributed by atoms with Gasteiger partial charge in [0.25, 0.3) is 0 Å². The molecule has 6 heteroatoms. The van der Waals surface area contributed by atoms with Gasteiger partial charge in [-0.2, -0.15) is 0 Å². The quantitative estimate of drug-likeness (QED) is 0.134. The Bertz CT molecular complexity index is 468. The summed E-state index contributed by atoms with van der Waals surface area (Å²) in [7, 11) is 11.2. The molecule has 0 fully saturated rings. The van der Waals surface area contributed by atoms with Crippen LogP contribution in [0.5, 0.6) is 0 Å². The molecule has 1 N–H and O–H groups in total. The molecule has 0 atom stereocenters. The highest BCUT2D eigenvalue weighted by Gasteiger charge is 2.15. The number of quaternary nitrogens is 2. The highest BCUT2D eigenvalue weighted by Crippen LogP contribution is 2.14. The standard InChI is InChI=1S/C30H64N3O.2ClH/c1-7-8-9-10-11-12-13-14-15-16-17-18-19-20-21-22-28-33(5,6)29-23-25-30(34)31-26-24-27-32(2,3)4;;/h7-29H2,1-6H3;2*1H/q+1;;/p-1. The van der Waals surface area contributed by atoms with Crippen LogP contribution in [0.15, 0.2) is 0 Å². The minimum atomic E-state index is 0. The van der Waals surface area contributed by atoms with Crippen LogP contribution in [-0.4, -0.2) is 76.3 Å². The number of hydrogen-bond acceptors (Lipinski definition) is 1. The van der Waals surface area contributed by atoms with Gasteiger partial charge < -0.3 is 39.1 Å². The van der Waals surface area contributed by atoms with Gasteiger partial charge in [-0.15, -0.1) is 0 Å². The molecule has 0 aliphatic carbocycles. The Morgan fingerprint density at radius 3 is 1.33 bits per heavy atom. The van der Waals surface area contributed by atoms with Crippen LogP contribution in [0.25, 0.3) is 0 Å². The van der Waals surface area contributed by atoms with E-state index in [-0.39, 0.29) is 30.7 Å². The molecule has 0 aliphatic rings. The Labute approximate surface area is 239 Å². The van der Waals surface area contributed by atoms with Crippen LogP contribution >= 0.6 is 0 Å². The fourth-order valence-corrected chi connectivity index (χ4v) is 4.74. The molecule has 0 saturated carbocycles. The topological polar surface area (TPSA) is 29.1 Å². The predicted octanol–water partition coefficient (Wildman–Crippen LogP) is 1.33. The molecular formula is C30H65Cl2N3O. The maximum atomic E-state index is 12.0. The van der Waals surface area contributed by atoms with E-state index in [0.29, 0.717) is 6.42 Å². The second-order valence-corrected chi connectivity index (χ2v) is 12.5. The molecule has 1 amide bonds. The zero-order valence-corrected chi connectivity index (χ0v) is 26.8. The third-order valence-corrected chi connectivity index (χ3v) is 7.11. The molecule has 0 aromatic heterocycles. The van der Waals surface area contributed by atoms with Gasteiger partial charge in [-0.3, -0.25) is 4.79 Å². The lowest BCUT2D eigenvalue weighted by Gasteiger charge is -2.29. The van der Waals surface area contributed by atoms with Crippen molar-refractivity contribution in [1.29, 1.82) is 0 Å². The summed E-state index contributed by atoms with van der Waals surface area (Å²) in [6, 6.07) is 0. The van der Waals surface area contributed by atoms with E-state index in [1.165, 1.54) is 109 Å². The molecule has 220 valence electrons. The van der Waals surface area contributed by atoms with Crippen molar-refractivity contribution < 1.29 is 38.6 Å². The minimum absolute atomic E-state index is 0. The minimum Gasteiger partial charge on any atom is -1.00 e. The van der Waals surface area contributed by atoms with Crippen molar-refractivity contribution in [2.75, 3.05) is 61.4 Å². The molecule has 0 spiro atoms. The average molecular weight is 555 g/mol. The van der Waals surface area contributed by atoms with E-state index >= 15 is 0 Å². The summed E-state index contributed by atoms with van der Waals surface area (Å²) in [5, 5.41) is 3.09. The average Bonchev–Trinajstić information content (AvgIpc) is 2.75. The fraction of sp³-hybridized carbons (Fsp3) is 0.967. The number of nitrogens with zero attached hydrogens (tertiary/aromatic N) is 2. The summed E-state index contributed by atoms with van der Waals surface area (Å²) >= 11 is 0. The van der Waals surface area contributed by atoms with Crippen LogP contribution in [0, 0.1) is 0 Å². The van der Waals surface area contributed by atoms with Crippen molar-refractivity contribution in [2.45, 2.75) is 129 Å². The molecule has 4 nitrogen and oxygen atoms in total. The molecule has 0 bridgehead atoms. The second kappa shape index (κ2) is 26.6. The third-order valence-electron chi connectivity index (χ3n) is 7.11. The van der Waals surface area contributed by atoms with Gasteiger partial charge in [-0.1, -0.05) is 96.8 Å². The summed E-state index contributed by atoms with van der Waals surface area (Å²) in [5.74, 6) is 0.226. The number of carbonyl (C=O) groups is 1. The van der Waals surface area contributed by atoms with Gasteiger partial charge in [0.15, 0.2) is 0 Å². The van der Waals surface area contributed by atoms with Crippen LogP contribution in [0.3, 0.4) is 0 Å². The van der Waals surface area contributed by atoms with E-state index in [9.17, 15) is 4.79 Å². The van der Waals surface area contributed by atoms with Crippen LogP contribution in [-0.2, 0) is 4.79 Å². The molecule has 36 heavy (non-hydrogen) atoms. The first kappa shape index (κ1) is 40.5. The first-order valence-corrected chi connectivity index (χ1v) is 15.1. The van der Waals surface area contributed by atoms with Crippen molar-refractivity contribution in [2.24, 2.45) is 0 Å². The monoisotopic (exact) mass is 553 g/mol. The van der Waals surface area contributed by atoms with Crippen LogP contribution in [0.4, 0.5) is 0 Å². The molecule has 0 saturated heterocycles. The molecule has 0 aliphatic heterocycles. The van der Waals surface area contributed by atoms with Crippen LogP contribution in [0.1, 0.15) is 129 Å². The van der Waals surface area contributed by atoms with E-state index in [4.69, 9.17) is 0 Å². The third kappa shape index (κ3) is 32.0. The Hall–Kier alpha value is -0.0300. The van der Waals surface area contributed by atoms with Crippen molar-refractivity contribution in [3.8, 4) is 0 Å². The lowest BCUT2D eigenvalue weighted by molar-refractivity contribution is -0.890. The number of rotatable bonds is 25. The van der Waals surface area contributed by atoms with Gasteiger partial charge in [0.05, 0.1) is 54.9 Å². The maximum Gasteiger partial charge on any atom is 0.220 e. The zero-order chi connectivity index (χ0) is 25.5. The normalized spacial score (nSPS) is 11.6. The van der Waals surface area contributed by atoms with Gasteiger partial charge >= 0.3 is 0 Å². The molecule has 0 aromatic rings. The predicted molar refractivity (Wildman–Crippen MR) is 151 cm³/mol. The Morgan fingerprint density at radius 1 is 0.528 bits per heavy atom. The summed E-state index contributed by atoms with van der Waals surface area (Å²) in [5.41, 5.74) is 0. The van der Waals surface area contributed by atoms with E-state index in [0.717, 1.165) is 41.4 Å². The van der Waals surface area contributed by atoms with Crippen LogP contribution < -0.4 is 30.1 Å². The summed E-state index contributed by atoms with van der Waals surface area (Å²) < 4.78 is 2.01. The molecule has 0 aromatic carbocycles. The van der Waals surface area contributed by atoms with E-state index in [2.05, 4.69) is 47.5 Å². The van der Waals surface area contributed by atoms with Crippen molar-refractivity contribution in [3.05, 3.63) is 0 Å². The van der Waals surface area contributed by atoms with Crippen molar-refractivity contribution in [3.63, 3.8) is 0 Å². The van der Waals surface area contributed by atoms with Gasteiger partial charge in [0.1, 0.15) is 0 Å². The number of halogens is 2. The van der Waals surface area contributed by atoms with E-state index in [1.54, 1.807) is 0 Å². The zero-order valence-electron chi connectivity index (χ0n) is 25.3. The van der Waals surface area contributed by atoms with Gasteiger partial charge in [0, 0.05) is 25.8 Å². The summed E-state index contributed by atoms with van der Waals surface area (Å²) in [6.07, 6.45) is 25.5. The number of hydrogen-bond donors (Lipinski definition) is 1. The lowest BCUT2D eigenvalue weighted by Crippen LogP contribution is -3.00. The summed E-state index contributed by atoms with van der Waals surface area (Å²) in [4.78, 5) is 12.0. The summed E-state index contributed by atoms with van der Waals surface area (Å²) in [6.45, 7) is 6.55. The van der Waals surface area contributed by atoms with Crippen LogP contribution in [0.2, 0.25) is 0 Å². The molecule has 0 radical (unpaired) electrons. The molecule has 0 heterocycles. The van der Waals surface area contributed by atoms with Gasteiger partial charge in [0.2, 0.25) is 5.91 Å².